The van der Waals surface area contributed by atoms with Crippen LogP contribution in [0.1, 0.15) is 35.2 Å². The van der Waals surface area contributed by atoms with Crippen LogP contribution in [0.4, 0.5) is 0 Å². The van der Waals surface area contributed by atoms with Crippen LogP contribution in [0.2, 0.25) is 0 Å². The summed E-state index contributed by atoms with van der Waals surface area (Å²) in [6.07, 6.45) is 3.77. The molecule has 2 nitrogen and oxygen atoms in total. The standard InChI is InChI=1S/C14H15BrO2/c15-11-2-1-10-8-14(3-5-17-6-4-14)9-13(16)12(10)7-11/h1-2,7H,3-6,8-9H2. The molecular formula is C14H15BrO2. The van der Waals surface area contributed by atoms with E-state index in [1.807, 2.05) is 12.1 Å². The fraction of sp³-hybridized carbons (Fsp3) is 0.500. The van der Waals surface area contributed by atoms with E-state index in [-0.39, 0.29) is 5.41 Å². The summed E-state index contributed by atoms with van der Waals surface area (Å²) in [6, 6.07) is 6.09. The summed E-state index contributed by atoms with van der Waals surface area (Å²) in [5.74, 6) is 0.300. The summed E-state index contributed by atoms with van der Waals surface area (Å²) in [6.45, 7) is 1.61. The van der Waals surface area contributed by atoms with Gasteiger partial charge in [0.2, 0.25) is 0 Å². The molecule has 0 unspecified atom stereocenters. The highest BCUT2D eigenvalue weighted by molar-refractivity contribution is 9.10. The molecule has 1 aliphatic carbocycles. The first-order chi connectivity index (χ1) is 8.19. The average Bonchev–Trinajstić information content (AvgIpc) is 2.31. The van der Waals surface area contributed by atoms with E-state index in [0.717, 1.165) is 42.5 Å². The second-order valence-corrected chi connectivity index (χ2v) is 6.11. The molecule has 0 amide bonds. The molecule has 1 aliphatic heterocycles. The first-order valence-electron chi connectivity index (χ1n) is 6.08. The van der Waals surface area contributed by atoms with Crippen LogP contribution in [0, 0.1) is 5.41 Å². The van der Waals surface area contributed by atoms with Crippen LogP contribution in [0.5, 0.6) is 0 Å². The second-order valence-electron chi connectivity index (χ2n) is 5.19. The van der Waals surface area contributed by atoms with Crippen LogP contribution in [0.3, 0.4) is 0 Å². The average molecular weight is 295 g/mol. The first kappa shape index (κ1) is 11.4. The molecule has 0 atom stereocenters. The molecule has 1 heterocycles. The largest absolute Gasteiger partial charge is 0.381 e. The molecule has 90 valence electrons. The van der Waals surface area contributed by atoms with Gasteiger partial charge in [0.25, 0.3) is 0 Å². The Labute approximate surface area is 109 Å². The van der Waals surface area contributed by atoms with Gasteiger partial charge < -0.3 is 4.74 Å². The van der Waals surface area contributed by atoms with Gasteiger partial charge in [-0.15, -0.1) is 0 Å². The maximum absolute atomic E-state index is 12.2. The summed E-state index contributed by atoms with van der Waals surface area (Å²) >= 11 is 3.43. The van der Waals surface area contributed by atoms with E-state index in [1.165, 1.54) is 5.56 Å². The Kier molecular flexibility index (Phi) is 2.83. The van der Waals surface area contributed by atoms with Gasteiger partial charge in [0.15, 0.2) is 5.78 Å². The molecule has 0 radical (unpaired) electrons. The molecule has 1 saturated heterocycles. The van der Waals surface area contributed by atoms with Crippen molar-refractivity contribution >= 4 is 21.7 Å². The molecule has 3 heteroatoms. The number of benzene rings is 1. The maximum Gasteiger partial charge on any atom is 0.163 e. The van der Waals surface area contributed by atoms with Crippen molar-refractivity contribution in [2.45, 2.75) is 25.7 Å². The number of ether oxygens (including phenoxy) is 1. The number of hydrogen-bond acceptors (Lipinski definition) is 2. The predicted octanol–water partition coefficient (Wildman–Crippen LogP) is 3.37. The van der Waals surface area contributed by atoms with Crippen molar-refractivity contribution in [1.29, 1.82) is 0 Å². The third kappa shape index (κ3) is 2.06. The van der Waals surface area contributed by atoms with Crippen LogP contribution in [0.15, 0.2) is 22.7 Å². The molecule has 2 aliphatic rings. The van der Waals surface area contributed by atoms with Gasteiger partial charge in [0, 0.05) is 29.7 Å². The summed E-state index contributed by atoms with van der Waals surface area (Å²) in [7, 11) is 0. The third-order valence-electron chi connectivity index (χ3n) is 4.03. The molecule has 1 spiro atoms. The minimum Gasteiger partial charge on any atom is -0.381 e. The number of ketones is 1. The summed E-state index contributed by atoms with van der Waals surface area (Å²) in [4.78, 5) is 12.2. The number of Topliss-reactive ketones (excluding diaryl/α,β-unsaturated/α-hetero) is 1. The quantitative estimate of drug-likeness (QED) is 0.733. The van der Waals surface area contributed by atoms with Crippen LogP contribution < -0.4 is 0 Å². The normalized spacial score (nSPS) is 22.5. The Morgan fingerprint density at radius 1 is 1.18 bits per heavy atom. The van der Waals surface area contributed by atoms with Gasteiger partial charge in [-0.1, -0.05) is 22.0 Å². The molecule has 3 rings (SSSR count). The van der Waals surface area contributed by atoms with E-state index in [0.29, 0.717) is 12.2 Å². The lowest BCUT2D eigenvalue weighted by atomic mass is 9.67. The zero-order valence-electron chi connectivity index (χ0n) is 9.67. The predicted molar refractivity (Wildman–Crippen MR) is 69.3 cm³/mol. The van der Waals surface area contributed by atoms with Crippen LogP contribution in [-0.2, 0) is 11.2 Å². The van der Waals surface area contributed by atoms with Gasteiger partial charge >= 0.3 is 0 Å². The lowest BCUT2D eigenvalue weighted by Gasteiger charge is -2.40. The van der Waals surface area contributed by atoms with Crippen molar-refractivity contribution in [3.63, 3.8) is 0 Å². The van der Waals surface area contributed by atoms with E-state index in [4.69, 9.17) is 4.74 Å². The minimum absolute atomic E-state index is 0.177. The molecule has 0 bridgehead atoms. The van der Waals surface area contributed by atoms with Crippen molar-refractivity contribution in [2.75, 3.05) is 13.2 Å². The Balaban J connectivity index is 1.97. The molecule has 17 heavy (non-hydrogen) atoms. The molecule has 1 aromatic carbocycles. The summed E-state index contributed by atoms with van der Waals surface area (Å²) < 4.78 is 6.41. The number of carbonyl (C=O) groups is 1. The Morgan fingerprint density at radius 2 is 1.94 bits per heavy atom. The van der Waals surface area contributed by atoms with Crippen LogP contribution in [-0.4, -0.2) is 19.0 Å². The summed E-state index contributed by atoms with van der Waals surface area (Å²) in [5.41, 5.74) is 2.30. The number of carbonyl (C=O) groups excluding carboxylic acids is 1. The van der Waals surface area contributed by atoms with E-state index in [1.54, 1.807) is 0 Å². The number of halogens is 1. The highest BCUT2D eigenvalue weighted by Gasteiger charge is 2.39. The van der Waals surface area contributed by atoms with Crippen LogP contribution in [0.25, 0.3) is 0 Å². The topological polar surface area (TPSA) is 26.3 Å². The Morgan fingerprint density at radius 3 is 2.71 bits per heavy atom. The van der Waals surface area contributed by atoms with Gasteiger partial charge in [-0.3, -0.25) is 4.79 Å². The highest BCUT2D eigenvalue weighted by Crippen LogP contribution is 2.43. The minimum atomic E-state index is 0.177. The van der Waals surface area contributed by atoms with E-state index in [9.17, 15) is 4.79 Å². The molecule has 0 saturated carbocycles. The SMILES string of the molecule is O=C1CC2(CCOCC2)Cc2ccc(Br)cc21. The van der Waals surface area contributed by atoms with Crippen molar-refractivity contribution in [3.05, 3.63) is 33.8 Å². The number of rotatable bonds is 0. The molecule has 1 aromatic rings. The van der Waals surface area contributed by atoms with E-state index in [2.05, 4.69) is 22.0 Å². The van der Waals surface area contributed by atoms with Gasteiger partial charge in [-0.05, 0) is 42.4 Å². The highest BCUT2D eigenvalue weighted by atomic mass is 79.9. The van der Waals surface area contributed by atoms with Crippen molar-refractivity contribution in [1.82, 2.24) is 0 Å². The molecule has 0 N–H and O–H groups in total. The van der Waals surface area contributed by atoms with Crippen molar-refractivity contribution in [3.8, 4) is 0 Å². The van der Waals surface area contributed by atoms with E-state index >= 15 is 0 Å². The van der Waals surface area contributed by atoms with Crippen molar-refractivity contribution < 1.29 is 9.53 Å². The van der Waals surface area contributed by atoms with Gasteiger partial charge in [0.05, 0.1) is 0 Å². The zero-order valence-corrected chi connectivity index (χ0v) is 11.3. The van der Waals surface area contributed by atoms with Gasteiger partial charge in [-0.25, -0.2) is 0 Å². The monoisotopic (exact) mass is 294 g/mol. The first-order valence-corrected chi connectivity index (χ1v) is 6.87. The Hall–Kier alpha value is -0.670. The second kappa shape index (κ2) is 4.21. The van der Waals surface area contributed by atoms with Crippen molar-refractivity contribution in [2.24, 2.45) is 5.41 Å². The van der Waals surface area contributed by atoms with Gasteiger partial charge in [-0.2, -0.15) is 0 Å². The fourth-order valence-electron chi connectivity index (χ4n) is 3.02. The zero-order chi connectivity index (χ0) is 11.9. The fourth-order valence-corrected chi connectivity index (χ4v) is 3.38. The summed E-state index contributed by atoms with van der Waals surface area (Å²) in [5, 5.41) is 0. The van der Waals surface area contributed by atoms with Gasteiger partial charge in [0.1, 0.15) is 0 Å². The number of fused-ring (bicyclic) bond motifs is 1. The Bertz CT molecular complexity index is 461. The van der Waals surface area contributed by atoms with E-state index < -0.39 is 0 Å². The lowest BCUT2D eigenvalue weighted by Crippen LogP contribution is -2.37. The number of hydrogen-bond donors (Lipinski definition) is 0. The molecule has 0 aromatic heterocycles. The smallest absolute Gasteiger partial charge is 0.163 e. The third-order valence-corrected chi connectivity index (χ3v) is 4.52. The molecule has 1 fully saturated rings. The van der Waals surface area contributed by atoms with Crippen LogP contribution >= 0.6 is 15.9 Å². The maximum atomic E-state index is 12.2. The lowest BCUT2D eigenvalue weighted by molar-refractivity contribution is 0.00931. The molecular weight excluding hydrogens is 280 g/mol.